The van der Waals surface area contributed by atoms with Gasteiger partial charge in [0.25, 0.3) is 5.91 Å². The van der Waals surface area contributed by atoms with Gasteiger partial charge in [0.05, 0.1) is 6.54 Å². The Kier molecular flexibility index (Phi) is 2.44. The van der Waals surface area contributed by atoms with Crippen molar-refractivity contribution in [3.8, 4) is 5.75 Å². The van der Waals surface area contributed by atoms with E-state index >= 15 is 0 Å². The lowest BCUT2D eigenvalue weighted by Crippen LogP contribution is -2.38. The Hall–Kier alpha value is -2.44. The van der Waals surface area contributed by atoms with E-state index in [1.165, 1.54) is 12.3 Å². The number of aromatic hydroxyl groups is 1. The van der Waals surface area contributed by atoms with E-state index in [4.69, 9.17) is 0 Å². The lowest BCUT2D eigenvalue weighted by atomic mass is 10.2. The highest BCUT2D eigenvalue weighted by Crippen LogP contribution is 2.18. The molecule has 92 valence electrons. The highest BCUT2D eigenvalue weighted by Gasteiger charge is 2.25. The summed E-state index contributed by atoms with van der Waals surface area (Å²) in [4.78, 5) is 17.7. The Balaban J connectivity index is 1.85. The first kappa shape index (κ1) is 10.7. The van der Waals surface area contributed by atoms with E-state index < -0.39 is 0 Å². The third-order valence-corrected chi connectivity index (χ3v) is 2.92. The second kappa shape index (κ2) is 4.10. The van der Waals surface area contributed by atoms with Crippen molar-refractivity contribution in [1.29, 1.82) is 0 Å². The first-order valence-corrected chi connectivity index (χ1v) is 5.55. The first-order chi connectivity index (χ1) is 8.75. The van der Waals surface area contributed by atoms with Crippen LogP contribution in [0.15, 0.2) is 24.7 Å². The summed E-state index contributed by atoms with van der Waals surface area (Å²) in [6.07, 6.45) is 3.13. The monoisotopic (exact) mass is 245 g/mol. The smallest absolute Gasteiger partial charge is 0.276 e. The van der Waals surface area contributed by atoms with E-state index in [0.29, 0.717) is 19.6 Å². The lowest BCUT2D eigenvalue weighted by molar-refractivity contribution is 0.0698. The molecule has 2 aromatic heterocycles. The number of carbonyl (C=O) groups is 1. The van der Waals surface area contributed by atoms with Crippen molar-refractivity contribution in [3.63, 3.8) is 0 Å². The lowest BCUT2D eigenvalue weighted by Gasteiger charge is -2.26. The first-order valence-electron chi connectivity index (χ1n) is 5.55. The Morgan fingerprint density at radius 3 is 3.11 bits per heavy atom. The van der Waals surface area contributed by atoms with Crippen LogP contribution in [0, 0.1) is 0 Å². The van der Waals surface area contributed by atoms with E-state index in [1.807, 2.05) is 4.57 Å². The van der Waals surface area contributed by atoms with Crippen molar-refractivity contribution < 1.29 is 9.90 Å². The van der Waals surface area contributed by atoms with Crippen LogP contribution in [-0.2, 0) is 13.1 Å². The third-order valence-electron chi connectivity index (χ3n) is 2.92. The molecular formula is C11H11N5O2. The largest absolute Gasteiger partial charge is 0.505 e. The van der Waals surface area contributed by atoms with Crippen molar-refractivity contribution in [2.45, 2.75) is 13.1 Å². The number of pyridine rings is 1. The number of hydrogen-bond acceptors (Lipinski definition) is 5. The van der Waals surface area contributed by atoms with E-state index in [1.54, 1.807) is 17.3 Å². The minimum Gasteiger partial charge on any atom is -0.505 e. The molecule has 0 atom stereocenters. The number of carbonyl (C=O) groups excluding carboxylic acids is 1. The summed E-state index contributed by atoms with van der Waals surface area (Å²) in [6, 6.07) is 3.03. The van der Waals surface area contributed by atoms with Crippen molar-refractivity contribution in [1.82, 2.24) is 24.6 Å². The minimum atomic E-state index is -0.289. The maximum Gasteiger partial charge on any atom is 0.276 e. The van der Waals surface area contributed by atoms with Crippen LogP contribution in [0.2, 0.25) is 0 Å². The van der Waals surface area contributed by atoms with Crippen molar-refractivity contribution >= 4 is 5.91 Å². The van der Waals surface area contributed by atoms with Crippen LogP contribution >= 0.6 is 0 Å². The van der Waals surface area contributed by atoms with Crippen LogP contribution in [0.3, 0.4) is 0 Å². The van der Waals surface area contributed by atoms with E-state index in [2.05, 4.69) is 15.2 Å². The molecule has 3 heterocycles. The van der Waals surface area contributed by atoms with Crippen molar-refractivity contribution in [2.75, 3.05) is 6.54 Å². The molecule has 1 aliphatic heterocycles. The summed E-state index contributed by atoms with van der Waals surface area (Å²) in [5, 5.41) is 17.4. The third kappa shape index (κ3) is 1.69. The van der Waals surface area contributed by atoms with Crippen LogP contribution in [0.25, 0.3) is 0 Å². The molecule has 7 heteroatoms. The van der Waals surface area contributed by atoms with E-state index in [9.17, 15) is 9.90 Å². The van der Waals surface area contributed by atoms with Crippen molar-refractivity contribution in [3.05, 3.63) is 36.2 Å². The van der Waals surface area contributed by atoms with Gasteiger partial charge < -0.3 is 14.6 Å². The second-order valence-electron chi connectivity index (χ2n) is 4.04. The molecule has 1 N–H and O–H groups in total. The van der Waals surface area contributed by atoms with Gasteiger partial charge in [0.15, 0.2) is 11.5 Å². The summed E-state index contributed by atoms with van der Waals surface area (Å²) in [5.74, 6) is 0.349. The maximum absolute atomic E-state index is 12.2. The number of fused-ring (bicyclic) bond motifs is 1. The highest BCUT2D eigenvalue weighted by atomic mass is 16.3. The summed E-state index contributed by atoms with van der Waals surface area (Å²) in [6.45, 7) is 1.59. The van der Waals surface area contributed by atoms with Gasteiger partial charge >= 0.3 is 0 Å². The van der Waals surface area contributed by atoms with Crippen LogP contribution in [-0.4, -0.2) is 42.2 Å². The predicted molar refractivity (Wildman–Crippen MR) is 60.7 cm³/mol. The molecule has 3 rings (SSSR count). The number of amides is 1. The van der Waals surface area contributed by atoms with E-state index in [0.717, 1.165) is 5.82 Å². The average molecular weight is 245 g/mol. The maximum atomic E-state index is 12.2. The van der Waals surface area contributed by atoms with Crippen molar-refractivity contribution in [2.24, 2.45) is 0 Å². The second-order valence-corrected chi connectivity index (χ2v) is 4.04. The Bertz CT molecular complexity index is 595. The SMILES string of the molecule is O=C(c1ncccc1O)N1CCn2cnnc2C1. The zero-order valence-electron chi connectivity index (χ0n) is 9.52. The predicted octanol–water partition coefficient (Wildman–Crippen LogP) is 0.0347. The highest BCUT2D eigenvalue weighted by molar-refractivity contribution is 5.94. The van der Waals surface area contributed by atoms with Crippen LogP contribution < -0.4 is 0 Å². The Labute approximate surface area is 103 Å². The summed E-state index contributed by atoms with van der Waals surface area (Å²) in [7, 11) is 0. The van der Waals surface area contributed by atoms with Crippen LogP contribution in [0.4, 0.5) is 0 Å². The van der Waals surface area contributed by atoms with Gasteiger partial charge in [-0.3, -0.25) is 4.79 Å². The fraction of sp³-hybridized carbons (Fsp3) is 0.273. The standard InChI is InChI=1S/C11H11N5O2/c17-8-2-1-3-12-10(8)11(18)15-4-5-16-7-13-14-9(16)6-15/h1-3,7,17H,4-6H2. The molecule has 0 saturated carbocycles. The zero-order chi connectivity index (χ0) is 12.5. The van der Waals surface area contributed by atoms with Gasteiger partial charge in [-0.15, -0.1) is 10.2 Å². The van der Waals surface area contributed by atoms with Crippen LogP contribution in [0.5, 0.6) is 5.75 Å². The molecular weight excluding hydrogens is 234 g/mol. The zero-order valence-corrected chi connectivity index (χ0v) is 9.52. The van der Waals surface area contributed by atoms with Gasteiger partial charge in [0, 0.05) is 19.3 Å². The van der Waals surface area contributed by atoms with Gasteiger partial charge in [0.1, 0.15) is 12.1 Å². The summed E-state index contributed by atoms with van der Waals surface area (Å²) in [5.41, 5.74) is 0.0745. The van der Waals surface area contributed by atoms with Gasteiger partial charge in [-0.05, 0) is 12.1 Å². The molecule has 7 nitrogen and oxygen atoms in total. The van der Waals surface area contributed by atoms with Gasteiger partial charge in [-0.1, -0.05) is 0 Å². The van der Waals surface area contributed by atoms with E-state index in [-0.39, 0.29) is 17.4 Å². The molecule has 0 unspecified atom stereocenters. The molecule has 0 aromatic carbocycles. The minimum absolute atomic E-state index is 0.0745. The number of hydrogen-bond donors (Lipinski definition) is 1. The molecule has 0 radical (unpaired) electrons. The topological polar surface area (TPSA) is 84.1 Å². The van der Waals surface area contributed by atoms with Gasteiger partial charge in [-0.25, -0.2) is 4.98 Å². The number of aromatic nitrogens is 4. The molecule has 1 amide bonds. The number of nitrogens with zero attached hydrogens (tertiary/aromatic N) is 5. The molecule has 2 aromatic rings. The average Bonchev–Trinajstić information content (AvgIpc) is 2.85. The van der Waals surface area contributed by atoms with Gasteiger partial charge in [0.2, 0.25) is 0 Å². The molecule has 1 aliphatic rings. The molecule has 0 saturated heterocycles. The fourth-order valence-electron chi connectivity index (χ4n) is 1.95. The Morgan fingerprint density at radius 1 is 1.39 bits per heavy atom. The summed E-state index contributed by atoms with van der Waals surface area (Å²) < 4.78 is 1.90. The molecule has 18 heavy (non-hydrogen) atoms. The molecule has 0 fully saturated rings. The number of rotatable bonds is 1. The normalized spacial score (nSPS) is 14.3. The molecule has 0 bridgehead atoms. The molecule has 0 spiro atoms. The quantitative estimate of drug-likeness (QED) is 0.766. The van der Waals surface area contributed by atoms with Gasteiger partial charge in [-0.2, -0.15) is 0 Å². The molecule has 0 aliphatic carbocycles. The Morgan fingerprint density at radius 2 is 2.28 bits per heavy atom. The van der Waals surface area contributed by atoms with Crippen LogP contribution in [0.1, 0.15) is 16.3 Å². The fourth-order valence-corrected chi connectivity index (χ4v) is 1.95. The summed E-state index contributed by atoms with van der Waals surface area (Å²) >= 11 is 0.